The molecule has 1 aromatic heterocycles. The lowest BCUT2D eigenvalue weighted by atomic mass is 10.2. The summed E-state index contributed by atoms with van der Waals surface area (Å²) in [6, 6.07) is 49.3. The van der Waals surface area contributed by atoms with Gasteiger partial charge >= 0.3 is 0 Å². The molecule has 0 unspecified atom stereocenters. The number of aromatic nitrogens is 1. The van der Waals surface area contributed by atoms with Crippen molar-refractivity contribution in [2.24, 2.45) is 0 Å². The Hall–Kier alpha value is -3.78. The molecule has 6 aromatic rings. The van der Waals surface area contributed by atoms with E-state index in [-0.39, 0.29) is 5.82 Å². The van der Waals surface area contributed by atoms with E-state index in [4.69, 9.17) is 23.6 Å². The SMILES string of the molecule is Fc1ccc(-c2sc(-c3ccccc3)nc2[P+](c2ccccc2)(c2ccccc2)c2ccccc2)cc1.[O-][Cl+3]([O-])([O-])O. The first-order valence-corrected chi connectivity index (χ1v) is 16.7. The summed E-state index contributed by atoms with van der Waals surface area (Å²) in [4.78, 5) is 6.53. The number of hydrogen-bond donors (Lipinski definition) is 1. The van der Waals surface area contributed by atoms with Crippen LogP contribution in [0, 0.1) is 16.1 Å². The van der Waals surface area contributed by atoms with Crippen molar-refractivity contribution in [3.05, 3.63) is 151 Å². The molecule has 1 N–H and O–H groups in total. The molecule has 210 valence electrons. The zero-order valence-corrected chi connectivity index (χ0v) is 24.6. The van der Waals surface area contributed by atoms with Crippen molar-refractivity contribution in [3.8, 4) is 21.0 Å². The molecule has 0 aliphatic rings. The minimum absolute atomic E-state index is 0.242. The third-order valence-electron chi connectivity index (χ3n) is 6.48. The number of hydrogen-bond acceptors (Lipinski definition) is 6. The molecule has 0 atom stereocenters. The van der Waals surface area contributed by atoms with E-state index in [0.29, 0.717) is 0 Å². The van der Waals surface area contributed by atoms with Gasteiger partial charge in [0.2, 0.25) is 5.44 Å². The van der Waals surface area contributed by atoms with Gasteiger partial charge in [0.25, 0.3) is 0 Å². The van der Waals surface area contributed by atoms with Crippen LogP contribution in [0.3, 0.4) is 0 Å². The average molecular weight is 617 g/mol. The fraction of sp³-hybridized carbons (Fsp3) is 0. The Morgan fingerprint density at radius 1 is 0.571 bits per heavy atom. The molecule has 0 spiro atoms. The van der Waals surface area contributed by atoms with Crippen LogP contribution < -0.4 is 35.3 Å². The smallest absolute Gasteiger partial charge is 0.207 e. The van der Waals surface area contributed by atoms with Crippen LogP contribution in [-0.4, -0.2) is 9.64 Å². The zero-order valence-electron chi connectivity index (χ0n) is 22.1. The molecule has 0 aliphatic carbocycles. The second-order valence-electron chi connectivity index (χ2n) is 9.12. The predicted octanol–water partition coefficient (Wildman–Crippen LogP) is 3.11. The summed E-state index contributed by atoms with van der Waals surface area (Å²) in [5.74, 6) is -0.242. The number of rotatable bonds is 6. The highest BCUT2D eigenvalue weighted by Crippen LogP contribution is 2.57. The Morgan fingerprint density at radius 2 is 0.952 bits per heavy atom. The maximum absolute atomic E-state index is 14.0. The summed E-state index contributed by atoms with van der Waals surface area (Å²) >= 11 is 1.68. The van der Waals surface area contributed by atoms with Crippen molar-refractivity contribution < 1.29 is 33.3 Å². The van der Waals surface area contributed by atoms with Crippen molar-refractivity contribution in [1.82, 2.24) is 4.98 Å². The lowest BCUT2D eigenvalue weighted by Crippen LogP contribution is -2.58. The largest absolute Gasteiger partial charge is 0.217 e. The number of benzene rings is 5. The van der Waals surface area contributed by atoms with E-state index in [9.17, 15) is 4.39 Å². The quantitative estimate of drug-likeness (QED) is 0.290. The van der Waals surface area contributed by atoms with Gasteiger partial charge in [-0.25, -0.2) is 9.37 Å². The van der Waals surface area contributed by atoms with Gasteiger partial charge in [0, 0.05) is 5.56 Å². The van der Waals surface area contributed by atoms with E-state index in [1.54, 1.807) is 11.3 Å². The van der Waals surface area contributed by atoms with Gasteiger partial charge in [-0.1, -0.05) is 97.1 Å². The maximum atomic E-state index is 14.0. The topological polar surface area (TPSA) is 102 Å². The molecule has 0 aliphatic heterocycles. The van der Waals surface area contributed by atoms with E-state index < -0.39 is 17.5 Å². The molecule has 0 fully saturated rings. The molecule has 0 saturated heterocycles. The predicted molar refractivity (Wildman–Crippen MR) is 160 cm³/mol. The summed E-state index contributed by atoms with van der Waals surface area (Å²) in [6.07, 6.45) is 0. The Bertz CT molecular complexity index is 1610. The first kappa shape index (κ1) is 29.7. The van der Waals surface area contributed by atoms with E-state index in [1.165, 1.54) is 28.0 Å². The van der Waals surface area contributed by atoms with Crippen LogP contribution in [0.5, 0.6) is 0 Å². The Kier molecular flexibility index (Phi) is 9.21. The molecule has 9 heteroatoms. The molecule has 0 radical (unpaired) electrons. The van der Waals surface area contributed by atoms with Crippen molar-refractivity contribution in [1.29, 1.82) is 0 Å². The van der Waals surface area contributed by atoms with Gasteiger partial charge in [0.05, 0.1) is 19.8 Å². The number of thiazole rings is 1. The van der Waals surface area contributed by atoms with E-state index in [2.05, 4.69) is 103 Å². The molecule has 5 aromatic carbocycles. The van der Waals surface area contributed by atoms with Gasteiger partial charge in [-0.3, -0.25) is 0 Å². The highest BCUT2D eigenvalue weighted by atomic mass is 35.7. The molecular formula is C33H25ClFNO4PS+. The molecule has 0 bridgehead atoms. The minimum atomic E-state index is -4.69. The molecule has 1 heterocycles. The van der Waals surface area contributed by atoms with E-state index >= 15 is 0 Å². The summed E-state index contributed by atoms with van der Waals surface area (Å²) in [5.41, 5.74) is 3.10. The van der Waals surface area contributed by atoms with Crippen LogP contribution in [0.25, 0.3) is 21.0 Å². The van der Waals surface area contributed by atoms with Gasteiger partial charge in [-0.15, -0.1) is 11.3 Å². The summed E-state index contributed by atoms with van der Waals surface area (Å²) in [5, 5.41) is 4.67. The van der Waals surface area contributed by atoms with Crippen molar-refractivity contribution in [2.75, 3.05) is 0 Å². The average Bonchev–Trinajstić information content (AvgIpc) is 3.45. The van der Waals surface area contributed by atoms with Crippen LogP contribution in [-0.2, 0) is 0 Å². The standard InChI is InChI=1S/C33H24FNPS.ClHO4/c34-27-23-21-25(22-24-27)31-32(35-33(37-31)26-13-5-1-6-14-26)36(28-15-7-2-8-16-28,29-17-9-3-10-18-29)30-19-11-4-12-20-30;2-1(3,4)5/h1-24H;(H,2,3,4,5)/q+1;. The van der Waals surface area contributed by atoms with Crippen molar-refractivity contribution in [2.45, 2.75) is 0 Å². The van der Waals surface area contributed by atoms with Gasteiger partial charge in [-0.05, 0) is 54.1 Å². The highest BCUT2D eigenvalue weighted by molar-refractivity contribution is 8.01. The molecule has 42 heavy (non-hydrogen) atoms. The second kappa shape index (κ2) is 13.0. The van der Waals surface area contributed by atoms with Crippen molar-refractivity contribution in [3.63, 3.8) is 0 Å². The minimum Gasteiger partial charge on any atom is -0.207 e. The molecule has 0 saturated carbocycles. The Balaban J connectivity index is 0.000000652. The molecule has 6 rings (SSSR count). The van der Waals surface area contributed by atoms with Crippen LogP contribution in [0.15, 0.2) is 146 Å². The van der Waals surface area contributed by atoms with Crippen LogP contribution in [0.1, 0.15) is 0 Å². The monoisotopic (exact) mass is 616 g/mol. The third kappa shape index (κ3) is 6.65. The van der Waals surface area contributed by atoms with Crippen LogP contribution in [0.4, 0.5) is 4.39 Å². The van der Waals surface area contributed by atoms with Crippen LogP contribution >= 0.6 is 18.6 Å². The summed E-state index contributed by atoms with van der Waals surface area (Å²) in [7, 11) is -7.11. The fourth-order valence-electron chi connectivity index (χ4n) is 4.80. The second-order valence-corrected chi connectivity index (χ2v) is 14.2. The van der Waals surface area contributed by atoms with Gasteiger partial charge in [0.1, 0.15) is 26.7 Å². The van der Waals surface area contributed by atoms with Gasteiger partial charge in [0.15, 0.2) is 7.26 Å². The Morgan fingerprint density at radius 3 is 1.36 bits per heavy atom. The lowest BCUT2D eigenvalue weighted by Gasteiger charge is -2.26. The number of nitrogens with zero attached hydrogens (tertiary/aromatic N) is 1. The summed E-state index contributed by atoms with van der Waals surface area (Å²) in [6.45, 7) is 0. The molecular weight excluding hydrogens is 592 g/mol. The third-order valence-corrected chi connectivity index (χ3v) is 12.0. The summed E-state index contributed by atoms with van der Waals surface area (Å²) < 4.78 is 46.7. The fourth-order valence-corrected chi connectivity index (χ4v) is 10.6. The van der Waals surface area contributed by atoms with Gasteiger partial charge < -0.3 is 0 Å². The van der Waals surface area contributed by atoms with Gasteiger partial charge in [-0.2, -0.15) is 14.0 Å². The zero-order chi connectivity index (χ0) is 29.6. The molecule has 5 nitrogen and oxygen atoms in total. The van der Waals surface area contributed by atoms with Crippen molar-refractivity contribution >= 4 is 39.9 Å². The van der Waals surface area contributed by atoms with Crippen LogP contribution in [0.2, 0.25) is 0 Å². The molecule has 0 amide bonds. The maximum Gasteiger partial charge on any atom is 0.217 e. The first-order valence-electron chi connectivity index (χ1n) is 12.8. The first-order chi connectivity index (χ1) is 20.3. The van der Waals surface area contributed by atoms with E-state index in [1.807, 2.05) is 30.3 Å². The number of halogens is 2. The van der Waals surface area contributed by atoms with E-state index in [0.717, 1.165) is 26.4 Å². The highest BCUT2D eigenvalue weighted by Gasteiger charge is 2.52. The lowest BCUT2D eigenvalue weighted by molar-refractivity contribution is -1.92. The normalized spacial score (nSPS) is 11.5. The Labute approximate surface area is 249 Å².